The Balaban J connectivity index is 1.69. The summed E-state index contributed by atoms with van der Waals surface area (Å²) in [7, 11) is 0. The van der Waals surface area contributed by atoms with Gasteiger partial charge < -0.3 is 15.8 Å². The topological polar surface area (TPSA) is 95.1 Å². The summed E-state index contributed by atoms with van der Waals surface area (Å²) in [6.45, 7) is 5.56. The number of hydrogen-bond acceptors (Lipinski definition) is 6. The molecule has 0 atom stereocenters. The van der Waals surface area contributed by atoms with Crippen LogP contribution in [0.15, 0.2) is 75.7 Å². The Morgan fingerprint density at radius 2 is 1.75 bits per heavy atom. The van der Waals surface area contributed by atoms with Gasteiger partial charge in [-0.15, -0.1) is 0 Å². The summed E-state index contributed by atoms with van der Waals surface area (Å²) in [4.78, 5) is 22.2. The van der Waals surface area contributed by atoms with Gasteiger partial charge in [-0.2, -0.15) is 4.98 Å². The Kier molecular flexibility index (Phi) is 6.22. The number of ether oxygens (including phenoxy) is 1. The van der Waals surface area contributed by atoms with Crippen molar-refractivity contribution in [2.45, 2.75) is 26.4 Å². The van der Waals surface area contributed by atoms with Crippen LogP contribution in [0.2, 0.25) is 0 Å². The van der Waals surface area contributed by atoms with Crippen molar-refractivity contribution in [2.75, 3.05) is 11.1 Å². The zero-order chi connectivity index (χ0) is 25.6. The molecule has 2 heterocycles. The molecule has 0 aliphatic heterocycles. The van der Waals surface area contributed by atoms with E-state index in [1.54, 1.807) is 4.57 Å². The number of fused-ring (bicyclic) bond motifs is 2. The van der Waals surface area contributed by atoms with Crippen molar-refractivity contribution in [3.8, 4) is 11.3 Å². The summed E-state index contributed by atoms with van der Waals surface area (Å²) in [6.07, 6.45) is -0.448. The van der Waals surface area contributed by atoms with E-state index in [9.17, 15) is 4.79 Å². The number of rotatable bonds is 3. The van der Waals surface area contributed by atoms with Crippen molar-refractivity contribution < 1.29 is 9.53 Å². The highest BCUT2D eigenvalue weighted by Gasteiger charge is 2.23. The zero-order valence-electron chi connectivity index (χ0n) is 19.8. The molecule has 0 radical (unpaired) electrons. The molecule has 7 nitrogen and oxygen atoms in total. The molecule has 9 heteroatoms. The van der Waals surface area contributed by atoms with Crippen molar-refractivity contribution in [3.63, 3.8) is 0 Å². The average Bonchev–Trinajstić information content (AvgIpc) is 3.16. The lowest BCUT2D eigenvalue weighted by Crippen LogP contribution is -2.27. The van der Waals surface area contributed by atoms with Crippen LogP contribution in [0, 0.1) is 0 Å². The summed E-state index contributed by atoms with van der Waals surface area (Å²) in [5.74, 6) is 0.737. The van der Waals surface area contributed by atoms with E-state index in [1.807, 2.05) is 87.5 Å². The summed E-state index contributed by atoms with van der Waals surface area (Å²) in [6, 6.07) is 21.3. The minimum Gasteiger partial charge on any atom is -0.443 e. The number of hydrogen-bond donors (Lipinski definition) is 2. The van der Waals surface area contributed by atoms with Crippen molar-refractivity contribution in [2.24, 2.45) is 0 Å². The number of carbonyl (C=O) groups is 1. The summed E-state index contributed by atoms with van der Waals surface area (Å²) in [5.41, 5.74) is 9.16. The SMILES string of the molecule is CC(C)(C)OC(=O)n1c(-c2ccc3nc(N)nc(Nc4cccc(Br)c4)c3c2)cc2cc(Br)ccc21. The molecule has 5 aromatic rings. The second-order valence-corrected chi connectivity index (χ2v) is 11.2. The molecule has 0 saturated carbocycles. The van der Waals surface area contributed by atoms with Gasteiger partial charge in [-0.3, -0.25) is 0 Å². The second kappa shape index (κ2) is 9.22. The largest absolute Gasteiger partial charge is 0.443 e. The standard InChI is InChI=1S/C27H23Br2N5O2/c1-27(2,3)36-26(35)34-22-10-8-18(29)11-16(22)13-23(34)15-7-9-21-20(12-15)24(33-25(30)32-21)31-19-6-4-5-17(28)14-19/h4-14H,1-3H3,(H3,30,31,32,33). The molecule has 182 valence electrons. The van der Waals surface area contributed by atoms with Crippen molar-refractivity contribution in [1.29, 1.82) is 0 Å². The third kappa shape index (κ3) is 4.94. The van der Waals surface area contributed by atoms with Crippen LogP contribution in [0.5, 0.6) is 0 Å². The highest BCUT2D eigenvalue weighted by atomic mass is 79.9. The van der Waals surface area contributed by atoms with Crippen LogP contribution >= 0.6 is 31.9 Å². The molecule has 0 fully saturated rings. The van der Waals surface area contributed by atoms with E-state index in [0.29, 0.717) is 17.0 Å². The number of anilines is 3. The van der Waals surface area contributed by atoms with Gasteiger partial charge in [0.1, 0.15) is 11.4 Å². The number of nitrogens with zero attached hydrogens (tertiary/aromatic N) is 3. The molecule has 0 spiro atoms. The van der Waals surface area contributed by atoms with Gasteiger partial charge in [-0.1, -0.05) is 44.0 Å². The normalized spacial score (nSPS) is 11.7. The van der Waals surface area contributed by atoms with Crippen LogP contribution in [0.25, 0.3) is 33.1 Å². The Labute approximate surface area is 224 Å². The second-order valence-electron chi connectivity index (χ2n) is 9.35. The fraction of sp³-hybridized carbons (Fsp3) is 0.148. The first-order chi connectivity index (χ1) is 17.1. The fourth-order valence-electron chi connectivity index (χ4n) is 4.01. The molecule has 0 bridgehead atoms. The number of nitrogens with one attached hydrogen (secondary N) is 1. The van der Waals surface area contributed by atoms with E-state index in [2.05, 4.69) is 47.1 Å². The van der Waals surface area contributed by atoms with Gasteiger partial charge in [0.05, 0.1) is 16.7 Å². The lowest BCUT2D eigenvalue weighted by molar-refractivity contribution is 0.0547. The monoisotopic (exact) mass is 607 g/mol. The third-order valence-corrected chi connectivity index (χ3v) is 6.42. The summed E-state index contributed by atoms with van der Waals surface area (Å²) < 4.78 is 9.22. The van der Waals surface area contributed by atoms with Gasteiger partial charge in [0.25, 0.3) is 0 Å². The molecule has 0 unspecified atom stereocenters. The Morgan fingerprint density at radius 1 is 0.972 bits per heavy atom. The maximum Gasteiger partial charge on any atom is 0.419 e. The van der Waals surface area contributed by atoms with E-state index >= 15 is 0 Å². The molecule has 0 aliphatic carbocycles. The number of nitrogen functional groups attached to an aromatic ring is 1. The molecule has 5 rings (SSSR count). The first-order valence-corrected chi connectivity index (χ1v) is 12.8. The highest BCUT2D eigenvalue weighted by Crippen LogP contribution is 2.34. The molecule has 0 saturated heterocycles. The molecular formula is C27H23Br2N5O2. The Bertz CT molecular complexity index is 1640. The average molecular weight is 609 g/mol. The van der Waals surface area contributed by atoms with Crippen LogP contribution in [-0.2, 0) is 4.74 Å². The van der Waals surface area contributed by atoms with E-state index < -0.39 is 11.7 Å². The lowest BCUT2D eigenvalue weighted by Gasteiger charge is -2.21. The predicted octanol–water partition coefficient (Wildman–Crippen LogP) is 7.89. The van der Waals surface area contributed by atoms with E-state index in [4.69, 9.17) is 10.5 Å². The van der Waals surface area contributed by atoms with Crippen LogP contribution in [0.3, 0.4) is 0 Å². The van der Waals surface area contributed by atoms with Gasteiger partial charge in [-0.25, -0.2) is 14.3 Å². The Hall–Kier alpha value is -3.43. The van der Waals surface area contributed by atoms with Gasteiger partial charge in [0, 0.05) is 25.4 Å². The first kappa shape index (κ1) is 24.3. The maximum absolute atomic E-state index is 13.3. The van der Waals surface area contributed by atoms with Gasteiger partial charge in [0.15, 0.2) is 0 Å². The Morgan fingerprint density at radius 3 is 2.50 bits per heavy atom. The van der Waals surface area contributed by atoms with Gasteiger partial charge in [-0.05, 0) is 80.9 Å². The van der Waals surface area contributed by atoms with Crippen molar-refractivity contribution in [1.82, 2.24) is 14.5 Å². The molecule has 2 aromatic heterocycles. The number of aromatic nitrogens is 3. The maximum atomic E-state index is 13.3. The molecule has 3 N–H and O–H groups in total. The number of carbonyl (C=O) groups excluding carboxylic acids is 1. The predicted molar refractivity (Wildman–Crippen MR) is 152 cm³/mol. The van der Waals surface area contributed by atoms with Crippen molar-refractivity contribution in [3.05, 3.63) is 75.7 Å². The van der Waals surface area contributed by atoms with Crippen molar-refractivity contribution >= 4 is 77.2 Å². The van der Waals surface area contributed by atoms with E-state index in [1.165, 1.54) is 0 Å². The smallest absolute Gasteiger partial charge is 0.419 e. The highest BCUT2D eigenvalue weighted by molar-refractivity contribution is 9.10. The van der Waals surface area contributed by atoms with Gasteiger partial charge >= 0.3 is 6.09 Å². The minimum atomic E-state index is -0.643. The number of benzene rings is 3. The zero-order valence-corrected chi connectivity index (χ0v) is 23.0. The van der Waals surface area contributed by atoms with Gasteiger partial charge in [0.2, 0.25) is 5.95 Å². The van der Waals surface area contributed by atoms with E-state index in [-0.39, 0.29) is 5.95 Å². The molecule has 3 aromatic carbocycles. The minimum absolute atomic E-state index is 0.167. The first-order valence-electron chi connectivity index (χ1n) is 11.2. The summed E-state index contributed by atoms with van der Waals surface area (Å²) in [5, 5.41) is 5.02. The van der Waals surface area contributed by atoms with Crippen LogP contribution < -0.4 is 11.1 Å². The third-order valence-electron chi connectivity index (χ3n) is 5.44. The fourth-order valence-corrected chi connectivity index (χ4v) is 4.78. The molecule has 36 heavy (non-hydrogen) atoms. The quantitative estimate of drug-likeness (QED) is 0.216. The van der Waals surface area contributed by atoms with Crippen LogP contribution in [0.4, 0.5) is 22.2 Å². The molecular weight excluding hydrogens is 586 g/mol. The lowest BCUT2D eigenvalue weighted by atomic mass is 10.1. The summed E-state index contributed by atoms with van der Waals surface area (Å²) >= 11 is 7.03. The number of halogens is 2. The van der Waals surface area contributed by atoms with E-state index in [0.717, 1.165) is 36.5 Å². The molecule has 0 amide bonds. The molecule has 0 aliphatic rings. The van der Waals surface area contributed by atoms with Crippen LogP contribution in [-0.4, -0.2) is 26.2 Å². The number of nitrogens with two attached hydrogens (primary N) is 1. The van der Waals surface area contributed by atoms with Crippen LogP contribution in [0.1, 0.15) is 20.8 Å².